The highest BCUT2D eigenvalue weighted by Crippen LogP contribution is 2.33. The van der Waals surface area contributed by atoms with Gasteiger partial charge in [-0.3, -0.25) is 0 Å². The van der Waals surface area contributed by atoms with Crippen LogP contribution in [0.5, 0.6) is 0 Å². The van der Waals surface area contributed by atoms with Crippen molar-refractivity contribution in [1.29, 1.82) is 0 Å². The third-order valence-electron chi connectivity index (χ3n) is 3.95. The zero-order valence-corrected chi connectivity index (χ0v) is 14.2. The van der Waals surface area contributed by atoms with Crippen molar-refractivity contribution in [1.82, 2.24) is 0 Å². The molecule has 1 saturated heterocycles. The Morgan fingerprint density at radius 2 is 2.24 bits per heavy atom. The first-order valence-electron chi connectivity index (χ1n) is 7.62. The van der Waals surface area contributed by atoms with E-state index in [0.717, 1.165) is 41.3 Å². The summed E-state index contributed by atoms with van der Waals surface area (Å²) in [5, 5.41) is 9.74. The largest absolute Gasteiger partial charge is 0.394 e. The van der Waals surface area contributed by atoms with E-state index in [4.69, 9.17) is 18.0 Å². The fraction of sp³-hybridized carbons (Fsp3) is 0.562. The molecule has 1 unspecified atom stereocenters. The van der Waals surface area contributed by atoms with Crippen molar-refractivity contribution in [2.45, 2.75) is 43.5 Å². The Labute approximate surface area is 136 Å². The van der Waals surface area contributed by atoms with Crippen molar-refractivity contribution in [2.24, 2.45) is 5.73 Å². The Balaban J connectivity index is 2.45. The van der Waals surface area contributed by atoms with Gasteiger partial charge in [0.05, 0.1) is 12.6 Å². The molecule has 0 bridgehead atoms. The molecule has 1 aliphatic heterocycles. The molecule has 0 amide bonds. The number of nitrogens with two attached hydrogens (primary N) is 1. The third-order valence-corrected chi connectivity index (χ3v) is 5.09. The molecule has 3 nitrogen and oxygen atoms in total. The van der Waals surface area contributed by atoms with Crippen LogP contribution in [0.4, 0.5) is 5.69 Å². The first-order chi connectivity index (χ1) is 10.2. The van der Waals surface area contributed by atoms with Crippen LogP contribution in [0.25, 0.3) is 0 Å². The SMILES string of the molecule is CCSc1cccc(N2CCCCCC2CO)c1C(N)=S. The fourth-order valence-corrected chi connectivity index (χ4v) is 4.09. The molecule has 116 valence electrons. The van der Waals surface area contributed by atoms with E-state index in [-0.39, 0.29) is 12.6 Å². The van der Waals surface area contributed by atoms with Crippen molar-refractivity contribution >= 4 is 34.7 Å². The van der Waals surface area contributed by atoms with E-state index in [0.29, 0.717) is 4.99 Å². The van der Waals surface area contributed by atoms with Gasteiger partial charge < -0.3 is 15.7 Å². The van der Waals surface area contributed by atoms with Crippen LogP contribution in [0.2, 0.25) is 0 Å². The van der Waals surface area contributed by atoms with Crippen LogP contribution in [-0.4, -0.2) is 35.0 Å². The van der Waals surface area contributed by atoms with Gasteiger partial charge >= 0.3 is 0 Å². The van der Waals surface area contributed by atoms with Crippen LogP contribution in [0, 0.1) is 0 Å². The van der Waals surface area contributed by atoms with E-state index in [1.165, 1.54) is 12.8 Å². The van der Waals surface area contributed by atoms with Gasteiger partial charge in [0, 0.05) is 22.7 Å². The molecule has 0 radical (unpaired) electrons. The zero-order valence-electron chi connectivity index (χ0n) is 12.5. The molecule has 1 fully saturated rings. The summed E-state index contributed by atoms with van der Waals surface area (Å²) in [7, 11) is 0. The summed E-state index contributed by atoms with van der Waals surface area (Å²) in [5.41, 5.74) is 8.06. The van der Waals surface area contributed by atoms with Gasteiger partial charge in [-0.1, -0.05) is 38.0 Å². The lowest BCUT2D eigenvalue weighted by molar-refractivity contribution is 0.255. The van der Waals surface area contributed by atoms with Crippen LogP contribution in [0.15, 0.2) is 23.1 Å². The number of thiocarbonyl (C=S) groups is 1. The molecule has 1 aliphatic rings. The minimum atomic E-state index is 0.169. The standard InChI is InChI=1S/C16H24N2OS2/c1-2-21-14-9-6-8-13(15(14)16(17)20)18-10-5-3-4-7-12(18)11-19/h6,8-9,12,19H,2-5,7,10-11H2,1H3,(H2,17,20). The van der Waals surface area contributed by atoms with Gasteiger partial charge in [-0.25, -0.2) is 0 Å². The second kappa shape index (κ2) is 8.01. The van der Waals surface area contributed by atoms with E-state index in [1.54, 1.807) is 11.8 Å². The Kier molecular flexibility index (Phi) is 6.33. The molecular formula is C16H24N2OS2. The summed E-state index contributed by atoms with van der Waals surface area (Å²) < 4.78 is 0. The van der Waals surface area contributed by atoms with Crippen LogP contribution in [0.1, 0.15) is 38.2 Å². The average Bonchev–Trinajstić information content (AvgIpc) is 2.72. The molecule has 0 spiro atoms. The summed E-state index contributed by atoms with van der Waals surface area (Å²) in [4.78, 5) is 3.90. The number of aliphatic hydroxyl groups excluding tert-OH is 1. The molecule has 0 saturated carbocycles. The normalized spacial score (nSPS) is 19.3. The summed E-state index contributed by atoms with van der Waals surface area (Å²) in [6.07, 6.45) is 4.57. The molecule has 1 aromatic rings. The van der Waals surface area contributed by atoms with Crippen molar-refractivity contribution in [2.75, 3.05) is 23.8 Å². The summed E-state index contributed by atoms with van der Waals surface area (Å²) in [5.74, 6) is 0.989. The number of nitrogens with zero attached hydrogens (tertiary/aromatic N) is 1. The van der Waals surface area contributed by atoms with E-state index in [9.17, 15) is 5.11 Å². The summed E-state index contributed by atoms with van der Waals surface area (Å²) >= 11 is 7.07. The second-order valence-corrected chi connectivity index (χ2v) is 7.07. The van der Waals surface area contributed by atoms with Gasteiger partial charge in [0.2, 0.25) is 0 Å². The highest BCUT2D eigenvalue weighted by atomic mass is 32.2. The Hall–Kier alpha value is -0.780. The molecule has 1 heterocycles. The molecule has 5 heteroatoms. The van der Waals surface area contributed by atoms with Crippen molar-refractivity contribution in [3.8, 4) is 0 Å². The number of hydrogen-bond acceptors (Lipinski definition) is 4. The van der Waals surface area contributed by atoms with Crippen molar-refractivity contribution < 1.29 is 5.11 Å². The molecule has 2 rings (SSSR count). The minimum Gasteiger partial charge on any atom is -0.394 e. The fourth-order valence-electron chi connectivity index (χ4n) is 2.97. The monoisotopic (exact) mass is 324 g/mol. The number of anilines is 1. The number of hydrogen-bond donors (Lipinski definition) is 2. The van der Waals surface area contributed by atoms with Gasteiger partial charge in [0.1, 0.15) is 4.99 Å². The quantitative estimate of drug-likeness (QED) is 0.643. The van der Waals surface area contributed by atoms with Gasteiger partial charge in [-0.05, 0) is 30.7 Å². The Morgan fingerprint density at radius 3 is 2.90 bits per heavy atom. The maximum atomic E-state index is 9.74. The molecule has 1 aromatic carbocycles. The summed E-state index contributed by atoms with van der Waals surface area (Å²) in [6.45, 7) is 3.27. The Morgan fingerprint density at radius 1 is 1.43 bits per heavy atom. The predicted molar refractivity (Wildman–Crippen MR) is 95.4 cm³/mol. The van der Waals surface area contributed by atoms with E-state index < -0.39 is 0 Å². The molecule has 0 aliphatic carbocycles. The van der Waals surface area contributed by atoms with Gasteiger partial charge in [-0.15, -0.1) is 11.8 Å². The number of rotatable bonds is 5. The summed E-state index contributed by atoms with van der Waals surface area (Å²) in [6, 6.07) is 6.40. The third kappa shape index (κ3) is 3.90. The highest BCUT2D eigenvalue weighted by Gasteiger charge is 2.24. The molecule has 0 aromatic heterocycles. The topological polar surface area (TPSA) is 49.5 Å². The van der Waals surface area contributed by atoms with E-state index in [2.05, 4.69) is 30.0 Å². The van der Waals surface area contributed by atoms with Crippen molar-refractivity contribution in [3.05, 3.63) is 23.8 Å². The first-order valence-corrected chi connectivity index (χ1v) is 9.01. The maximum absolute atomic E-state index is 9.74. The average molecular weight is 325 g/mol. The van der Waals surface area contributed by atoms with Crippen LogP contribution in [0.3, 0.4) is 0 Å². The van der Waals surface area contributed by atoms with Crippen LogP contribution in [-0.2, 0) is 0 Å². The van der Waals surface area contributed by atoms with Crippen LogP contribution >= 0.6 is 24.0 Å². The number of thioether (sulfide) groups is 1. The van der Waals surface area contributed by atoms with E-state index in [1.807, 2.05) is 0 Å². The maximum Gasteiger partial charge on any atom is 0.107 e. The number of benzene rings is 1. The number of aliphatic hydroxyl groups is 1. The molecular weight excluding hydrogens is 300 g/mol. The van der Waals surface area contributed by atoms with Gasteiger partial charge in [-0.2, -0.15) is 0 Å². The zero-order chi connectivity index (χ0) is 15.2. The van der Waals surface area contributed by atoms with Crippen LogP contribution < -0.4 is 10.6 Å². The van der Waals surface area contributed by atoms with Gasteiger partial charge in [0.15, 0.2) is 0 Å². The van der Waals surface area contributed by atoms with E-state index >= 15 is 0 Å². The van der Waals surface area contributed by atoms with Crippen molar-refractivity contribution in [3.63, 3.8) is 0 Å². The smallest absolute Gasteiger partial charge is 0.107 e. The first kappa shape index (κ1) is 16.6. The molecule has 21 heavy (non-hydrogen) atoms. The predicted octanol–water partition coefficient (Wildman–Crippen LogP) is 3.17. The lowest BCUT2D eigenvalue weighted by Crippen LogP contribution is -2.38. The highest BCUT2D eigenvalue weighted by molar-refractivity contribution is 7.99. The molecule has 1 atom stereocenters. The second-order valence-electron chi connectivity index (χ2n) is 5.33. The lowest BCUT2D eigenvalue weighted by Gasteiger charge is -2.33. The lowest BCUT2D eigenvalue weighted by atomic mass is 10.1. The minimum absolute atomic E-state index is 0.169. The van der Waals surface area contributed by atoms with Gasteiger partial charge in [0.25, 0.3) is 0 Å². The Bertz CT molecular complexity index is 493. The molecule has 3 N–H and O–H groups in total.